The van der Waals surface area contributed by atoms with Gasteiger partial charge in [0.1, 0.15) is 6.04 Å². The molecule has 0 unspecified atom stereocenters. The largest absolute Gasteiger partial charge is 0.272 e. The van der Waals surface area contributed by atoms with Gasteiger partial charge in [0.15, 0.2) is 0 Å². The van der Waals surface area contributed by atoms with Gasteiger partial charge in [0.2, 0.25) is 5.91 Å². The number of rotatable bonds is 4. The lowest BCUT2D eigenvalue weighted by molar-refractivity contribution is -0.183. The van der Waals surface area contributed by atoms with Crippen LogP contribution < -0.4 is 0 Å². The molecule has 0 N–H and O–H groups in total. The maximum Gasteiger partial charge on any atom is 0.249 e. The van der Waals surface area contributed by atoms with E-state index in [0.29, 0.717) is 18.1 Å². The number of nitrogens with zero attached hydrogens (tertiary/aromatic N) is 6. The number of amides is 1. The average Bonchev–Trinajstić information content (AvgIpc) is 3.46. The standard InChI is InChI=1S/C23H24N6O2/c24-12-17-3-6-19-15-28(27-20(19)11-17)14-16-1-4-18(5-2-16)23(30)29-22(7-10-31-29)21-13-25-8-9-26-21/h3,6,8-9,11,13,15-16,18,22H,1-2,4-5,7,10,14H2/t16-,18-,22-/m0/s1. The number of fused-ring (bicyclic) bond motifs is 1. The summed E-state index contributed by atoms with van der Waals surface area (Å²) in [6, 6.07) is 7.60. The Morgan fingerprint density at radius 2 is 2.06 bits per heavy atom. The lowest BCUT2D eigenvalue weighted by Crippen LogP contribution is -2.37. The fourth-order valence-corrected chi connectivity index (χ4v) is 4.70. The minimum Gasteiger partial charge on any atom is -0.272 e. The van der Waals surface area contributed by atoms with Crippen molar-refractivity contribution < 1.29 is 9.63 Å². The molecule has 1 saturated heterocycles. The Labute approximate surface area is 180 Å². The van der Waals surface area contributed by atoms with E-state index >= 15 is 0 Å². The van der Waals surface area contributed by atoms with Crippen LogP contribution in [0.1, 0.15) is 49.4 Å². The van der Waals surface area contributed by atoms with Gasteiger partial charge in [0.25, 0.3) is 0 Å². The summed E-state index contributed by atoms with van der Waals surface area (Å²) >= 11 is 0. The Hall–Kier alpha value is -3.31. The minimum absolute atomic E-state index is 0.0107. The summed E-state index contributed by atoms with van der Waals surface area (Å²) in [6.45, 7) is 1.36. The van der Waals surface area contributed by atoms with Crippen molar-refractivity contribution in [3.8, 4) is 6.07 Å². The molecule has 1 amide bonds. The van der Waals surface area contributed by atoms with E-state index < -0.39 is 0 Å². The summed E-state index contributed by atoms with van der Waals surface area (Å²) in [7, 11) is 0. The first-order valence-corrected chi connectivity index (χ1v) is 10.8. The van der Waals surface area contributed by atoms with E-state index in [0.717, 1.165) is 55.2 Å². The predicted molar refractivity (Wildman–Crippen MR) is 112 cm³/mol. The van der Waals surface area contributed by atoms with Crippen LogP contribution in [0.5, 0.6) is 0 Å². The molecule has 1 aromatic carbocycles. The third-order valence-electron chi connectivity index (χ3n) is 6.37. The number of carbonyl (C=O) groups is 1. The van der Waals surface area contributed by atoms with Crippen LogP contribution in [0.25, 0.3) is 10.9 Å². The van der Waals surface area contributed by atoms with Crippen LogP contribution in [0.2, 0.25) is 0 Å². The minimum atomic E-state index is -0.145. The lowest BCUT2D eigenvalue weighted by Gasteiger charge is -2.31. The van der Waals surface area contributed by atoms with Crippen molar-refractivity contribution in [3.05, 3.63) is 54.2 Å². The molecule has 3 heterocycles. The number of nitriles is 1. The molecule has 0 radical (unpaired) electrons. The highest BCUT2D eigenvalue weighted by Crippen LogP contribution is 2.36. The number of benzene rings is 1. The molecule has 8 nitrogen and oxygen atoms in total. The van der Waals surface area contributed by atoms with E-state index in [9.17, 15) is 4.79 Å². The summed E-state index contributed by atoms with van der Waals surface area (Å²) in [5, 5.41) is 16.3. The monoisotopic (exact) mass is 416 g/mol. The molecule has 1 atom stereocenters. The Morgan fingerprint density at radius 3 is 2.84 bits per heavy atom. The normalized spacial score (nSPS) is 23.7. The Morgan fingerprint density at radius 1 is 1.19 bits per heavy atom. The van der Waals surface area contributed by atoms with Crippen molar-refractivity contribution >= 4 is 16.8 Å². The van der Waals surface area contributed by atoms with Gasteiger partial charge in [-0.3, -0.25) is 24.3 Å². The highest BCUT2D eigenvalue weighted by molar-refractivity contribution is 5.79. The molecular formula is C23H24N6O2. The van der Waals surface area contributed by atoms with Crippen molar-refractivity contribution in [3.63, 3.8) is 0 Å². The van der Waals surface area contributed by atoms with Gasteiger partial charge < -0.3 is 0 Å². The van der Waals surface area contributed by atoms with Crippen LogP contribution in [0.15, 0.2) is 43.0 Å². The second-order valence-electron chi connectivity index (χ2n) is 8.39. The van der Waals surface area contributed by atoms with Crippen molar-refractivity contribution in [2.75, 3.05) is 6.61 Å². The van der Waals surface area contributed by atoms with E-state index in [1.807, 2.05) is 29.1 Å². The molecular weight excluding hydrogens is 392 g/mol. The predicted octanol–water partition coefficient (Wildman–Crippen LogP) is 3.41. The van der Waals surface area contributed by atoms with Gasteiger partial charge in [-0.25, -0.2) is 5.06 Å². The van der Waals surface area contributed by atoms with Crippen LogP contribution in [0.3, 0.4) is 0 Å². The molecule has 2 fully saturated rings. The molecule has 5 rings (SSSR count). The number of aromatic nitrogens is 4. The summed E-state index contributed by atoms with van der Waals surface area (Å²) in [6.07, 6.45) is 11.5. The molecule has 0 spiro atoms. The van der Waals surface area contributed by atoms with Crippen molar-refractivity contribution in [2.24, 2.45) is 11.8 Å². The number of hydrogen-bond donors (Lipinski definition) is 0. The summed E-state index contributed by atoms with van der Waals surface area (Å²) in [5.41, 5.74) is 2.26. The Balaban J connectivity index is 1.19. The van der Waals surface area contributed by atoms with Gasteiger partial charge in [0, 0.05) is 42.9 Å². The quantitative estimate of drug-likeness (QED) is 0.647. The fourth-order valence-electron chi connectivity index (χ4n) is 4.70. The molecule has 2 aromatic heterocycles. The smallest absolute Gasteiger partial charge is 0.249 e. The molecule has 3 aromatic rings. The second kappa shape index (κ2) is 8.44. The molecule has 1 aliphatic carbocycles. The molecule has 1 saturated carbocycles. The van der Waals surface area contributed by atoms with Crippen LogP contribution >= 0.6 is 0 Å². The van der Waals surface area contributed by atoms with Crippen molar-refractivity contribution in [1.82, 2.24) is 24.8 Å². The zero-order chi connectivity index (χ0) is 21.2. The Bertz CT molecular complexity index is 1110. The van der Waals surface area contributed by atoms with Crippen molar-refractivity contribution in [1.29, 1.82) is 5.26 Å². The summed E-state index contributed by atoms with van der Waals surface area (Å²) in [4.78, 5) is 27.3. The fraction of sp³-hybridized carbons (Fsp3) is 0.435. The van der Waals surface area contributed by atoms with Crippen LogP contribution in [0.4, 0.5) is 0 Å². The van der Waals surface area contributed by atoms with E-state index in [1.54, 1.807) is 23.7 Å². The van der Waals surface area contributed by atoms with Gasteiger partial charge in [-0.2, -0.15) is 10.4 Å². The van der Waals surface area contributed by atoms with E-state index in [4.69, 9.17) is 10.1 Å². The average molecular weight is 416 g/mol. The van der Waals surface area contributed by atoms with Crippen LogP contribution in [-0.2, 0) is 16.2 Å². The van der Waals surface area contributed by atoms with Crippen molar-refractivity contribution in [2.45, 2.75) is 44.7 Å². The number of hydrogen-bond acceptors (Lipinski definition) is 6. The Kier molecular flexibility index (Phi) is 5.35. The van der Waals surface area contributed by atoms with Gasteiger partial charge in [-0.15, -0.1) is 0 Å². The lowest BCUT2D eigenvalue weighted by atomic mass is 9.81. The maximum atomic E-state index is 13.1. The summed E-state index contributed by atoms with van der Waals surface area (Å²) in [5.74, 6) is 0.549. The third-order valence-corrected chi connectivity index (χ3v) is 6.37. The first kappa shape index (κ1) is 19.6. The molecule has 31 heavy (non-hydrogen) atoms. The second-order valence-corrected chi connectivity index (χ2v) is 8.39. The van der Waals surface area contributed by atoms with Gasteiger partial charge in [0.05, 0.1) is 35.6 Å². The van der Waals surface area contributed by atoms with E-state index in [2.05, 4.69) is 21.1 Å². The molecule has 8 heteroatoms. The highest BCUT2D eigenvalue weighted by atomic mass is 16.7. The summed E-state index contributed by atoms with van der Waals surface area (Å²) < 4.78 is 1.98. The molecule has 2 aliphatic rings. The molecule has 158 valence electrons. The third kappa shape index (κ3) is 4.01. The number of carbonyl (C=O) groups excluding carboxylic acids is 1. The highest BCUT2D eigenvalue weighted by Gasteiger charge is 2.38. The maximum absolute atomic E-state index is 13.1. The van der Waals surface area contributed by atoms with Crippen LogP contribution in [0, 0.1) is 23.2 Å². The first-order valence-electron chi connectivity index (χ1n) is 10.8. The zero-order valence-corrected chi connectivity index (χ0v) is 17.2. The van der Waals surface area contributed by atoms with E-state index in [1.165, 1.54) is 0 Å². The molecule has 0 bridgehead atoms. The first-order chi connectivity index (χ1) is 15.2. The molecule has 1 aliphatic heterocycles. The number of hydroxylamine groups is 2. The van der Waals surface area contributed by atoms with Gasteiger partial charge in [-0.1, -0.05) is 0 Å². The van der Waals surface area contributed by atoms with Gasteiger partial charge >= 0.3 is 0 Å². The zero-order valence-electron chi connectivity index (χ0n) is 17.2. The SMILES string of the molecule is N#Cc1ccc2cn(C[C@H]3CC[C@H](C(=O)N4OCC[C@H]4c4cnccn4)CC3)nc2c1. The topological polar surface area (TPSA) is 96.9 Å². The van der Waals surface area contributed by atoms with E-state index in [-0.39, 0.29) is 17.9 Å². The van der Waals surface area contributed by atoms with Crippen LogP contribution in [-0.4, -0.2) is 37.3 Å². The van der Waals surface area contributed by atoms with Gasteiger partial charge in [-0.05, 0) is 49.8 Å².